The zero-order valence-corrected chi connectivity index (χ0v) is 19.4. The van der Waals surface area contributed by atoms with Gasteiger partial charge in [-0.15, -0.1) is 0 Å². The summed E-state index contributed by atoms with van der Waals surface area (Å²) in [5.74, 6) is 0.225. The van der Waals surface area contributed by atoms with E-state index in [1.807, 2.05) is 36.1 Å². The Morgan fingerprint density at radius 2 is 1.79 bits per heavy atom. The molecule has 2 aliphatic rings. The molecule has 2 atom stereocenters. The Morgan fingerprint density at radius 3 is 2.61 bits per heavy atom. The Bertz CT molecular complexity index is 1060. The molecule has 1 aromatic heterocycles. The van der Waals surface area contributed by atoms with Crippen molar-refractivity contribution in [3.63, 3.8) is 0 Å². The van der Waals surface area contributed by atoms with E-state index in [1.165, 1.54) is 11.1 Å². The highest BCUT2D eigenvalue weighted by atomic mass is 16.5. The zero-order valence-electron chi connectivity index (χ0n) is 19.4. The van der Waals surface area contributed by atoms with Crippen LogP contribution >= 0.6 is 0 Å². The predicted molar refractivity (Wildman–Crippen MR) is 124 cm³/mol. The van der Waals surface area contributed by atoms with E-state index in [-0.39, 0.29) is 42.8 Å². The van der Waals surface area contributed by atoms with E-state index in [1.54, 1.807) is 31.3 Å². The summed E-state index contributed by atoms with van der Waals surface area (Å²) in [6.07, 6.45) is 5.27. The topological polar surface area (TPSA) is 83.0 Å². The van der Waals surface area contributed by atoms with Crippen LogP contribution in [0.25, 0.3) is 11.1 Å². The fourth-order valence-electron chi connectivity index (χ4n) is 4.37. The van der Waals surface area contributed by atoms with E-state index < -0.39 is 0 Å². The second-order valence-corrected chi connectivity index (χ2v) is 8.90. The standard InChI is InChI=1S/C25H30N4O4/c1-17-10-23(30)29-9-5-7-21(29)16-33-22-8-4-6-18(12-22)19-11-20(14-26-13-19)25(32)27(2)15-24(31)28(17)3/h4,6,8,11-14,17,21H,5,7,9-10,15-16H2,1-3H3/t17-,21+/m1/s1. The minimum atomic E-state index is -0.289. The summed E-state index contributed by atoms with van der Waals surface area (Å²) in [5, 5.41) is 0. The highest BCUT2D eigenvalue weighted by molar-refractivity contribution is 5.97. The van der Waals surface area contributed by atoms with Crippen molar-refractivity contribution in [3.05, 3.63) is 48.3 Å². The lowest BCUT2D eigenvalue weighted by molar-refractivity contribution is -0.136. The number of hydrogen-bond donors (Lipinski definition) is 0. The molecule has 1 fully saturated rings. The molecule has 0 aliphatic carbocycles. The largest absolute Gasteiger partial charge is 0.491 e. The zero-order chi connectivity index (χ0) is 23.5. The molecule has 0 spiro atoms. The van der Waals surface area contributed by atoms with Crippen LogP contribution in [0.1, 0.15) is 36.5 Å². The quantitative estimate of drug-likeness (QED) is 0.616. The van der Waals surface area contributed by atoms with Crippen molar-refractivity contribution in [2.24, 2.45) is 0 Å². The number of hydrogen-bond acceptors (Lipinski definition) is 5. The molecule has 0 radical (unpaired) electrons. The molecule has 2 aliphatic heterocycles. The molecule has 1 saturated heterocycles. The van der Waals surface area contributed by atoms with Crippen LogP contribution in [-0.2, 0) is 9.59 Å². The minimum Gasteiger partial charge on any atom is -0.491 e. The van der Waals surface area contributed by atoms with E-state index in [2.05, 4.69) is 4.98 Å². The van der Waals surface area contributed by atoms with Gasteiger partial charge in [0.15, 0.2) is 0 Å². The van der Waals surface area contributed by atoms with Gasteiger partial charge in [-0.05, 0) is 43.5 Å². The van der Waals surface area contributed by atoms with Gasteiger partial charge in [-0.25, -0.2) is 0 Å². The molecule has 2 aromatic rings. The lowest BCUT2D eigenvalue weighted by Gasteiger charge is -2.30. The average Bonchev–Trinajstić information content (AvgIpc) is 3.30. The van der Waals surface area contributed by atoms with Gasteiger partial charge in [-0.1, -0.05) is 12.1 Å². The normalized spacial score (nSPS) is 22.5. The maximum atomic E-state index is 13.0. The molecule has 174 valence electrons. The first-order valence-electron chi connectivity index (χ1n) is 11.3. The van der Waals surface area contributed by atoms with Crippen molar-refractivity contribution in [3.8, 4) is 16.9 Å². The summed E-state index contributed by atoms with van der Waals surface area (Å²) < 4.78 is 6.08. The Morgan fingerprint density at radius 1 is 1.00 bits per heavy atom. The molecular formula is C25H30N4O4. The summed E-state index contributed by atoms with van der Waals surface area (Å²) in [6, 6.07) is 9.16. The van der Waals surface area contributed by atoms with Crippen LogP contribution in [0.15, 0.2) is 42.7 Å². The van der Waals surface area contributed by atoms with Crippen molar-refractivity contribution >= 4 is 17.7 Å². The van der Waals surface area contributed by atoms with Crippen LogP contribution in [0, 0.1) is 0 Å². The molecule has 4 bridgehead atoms. The summed E-state index contributed by atoms with van der Waals surface area (Å²) >= 11 is 0. The first-order chi connectivity index (χ1) is 15.8. The lowest BCUT2D eigenvalue weighted by atomic mass is 10.1. The SMILES string of the molecule is C[C@@H]1CC(=O)N2CCC[C@H]2COc2cccc(c2)-c2cncc(c2)C(=O)N(C)CC(=O)N1C. The van der Waals surface area contributed by atoms with Gasteiger partial charge in [0.05, 0.1) is 18.2 Å². The van der Waals surface area contributed by atoms with Gasteiger partial charge >= 0.3 is 0 Å². The van der Waals surface area contributed by atoms with Crippen LogP contribution in [0.4, 0.5) is 0 Å². The summed E-state index contributed by atoms with van der Waals surface area (Å²) in [5.41, 5.74) is 2.07. The highest BCUT2D eigenvalue weighted by Crippen LogP contribution is 2.26. The Balaban J connectivity index is 1.67. The molecule has 0 saturated carbocycles. The number of pyridine rings is 1. The third-order valence-electron chi connectivity index (χ3n) is 6.54. The van der Waals surface area contributed by atoms with Crippen molar-refractivity contribution in [1.29, 1.82) is 0 Å². The second-order valence-electron chi connectivity index (χ2n) is 8.90. The number of rotatable bonds is 0. The minimum absolute atomic E-state index is 0.0157. The van der Waals surface area contributed by atoms with Gasteiger partial charge < -0.3 is 19.4 Å². The Labute approximate surface area is 194 Å². The number of nitrogens with zero attached hydrogens (tertiary/aromatic N) is 4. The Kier molecular flexibility index (Phi) is 6.62. The van der Waals surface area contributed by atoms with Gasteiger partial charge in [0.2, 0.25) is 11.8 Å². The van der Waals surface area contributed by atoms with Gasteiger partial charge in [0.25, 0.3) is 5.91 Å². The van der Waals surface area contributed by atoms with Gasteiger partial charge in [0, 0.05) is 51.1 Å². The van der Waals surface area contributed by atoms with Crippen LogP contribution < -0.4 is 4.74 Å². The van der Waals surface area contributed by atoms with E-state index >= 15 is 0 Å². The third-order valence-corrected chi connectivity index (χ3v) is 6.54. The summed E-state index contributed by atoms with van der Waals surface area (Å²) in [4.78, 5) is 47.9. The number of likely N-dealkylation sites (N-methyl/N-ethyl adjacent to an activating group) is 2. The third kappa shape index (κ3) is 4.99. The van der Waals surface area contributed by atoms with Gasteiger partial charge in [0.1, 0.15) is 12.4 Å². The fourth-order valence-corrected chi connectivity index (χ4v) is 4.37. The van der Waals surface area contributed by atoms with Crippen molar-refractivity contribution in [1.82, 2.24) is 19.7 Å². The second kappa shape index (κ2) is 9.60. The molecule has 3 heterocycles. The lowest BCUT2D eigenvalue weighted by Crippen LogP contribution is -2.46. The Hall–Kier alpha value is -3.42. The first-order valence-corrected chi connectivity index (χ1v) is 11.3. The summed E-state index contributed by atoms with van der Waals surface area (Å²) in [6.45, 7) is 2.90. The predicted octanol–water partition coefficient (Wildman–Crippen LogP) is 2.44. The van der Waals surface area contributed by atoms with Crippen molar-refractivity contribution in [2.75, 3.05) is 33.8 Å². The number of ether oxygens (including phenoxy) is 1. The molecule has 8 nitrogen and oxygen atoms in total. The number of benzene rings is 1. The molecule has 4 rings (SSSR count). The number of aromatic nitrogens is 1. The fraction of sp³-hybridized carbons (Fsp3) is 0.440. The molecule has 0 N–H and O–H groups in total. The maximum absolute atomic E-state index is 13.0. The van der Waals surface area contributed by atoms with Crippen LogP contribution in [0.2, 0.25) is 0 Å². The number of fused-ring (bicyclic) bond motifs is 6. The maximum Gasteiger partial charge on any atom is 0.255 e. The van der Waals surface area contributed by atoms with E-state index in [4.69, 9.17) is 4.74 Å². The highest BCUT2D eigenvalue weighted by Gasteiger charge is 2.31. The molecule has 0 unspecified atom stereocenters. The molecule has 1 aromatic carbocycles. The number of carbonyl (C=O) groups excluding carboxylic acids is 3. The molecule has 33 heavy (non-hydrogen) atoms. The smallest absolute Gasteiger partial charge is 0.255 e. The first kappa shape index (κ1) is 22.8. The van der Waals surface area contributed by atoms with Crippen molar-refractivity contribution < 1.29 is 19.1 Å². The summed E-state index contributed by atoms with van der Waals surface area (Å²) in [7, 11) is 3.27. The molecular weight excluding hydrogens is 420 g/mol. The molecule has 8 heteroatoms. The van der Waals surface area contributed by atoms with E-state index in [0.717, 1.165) is 24.0 Å². The average molecular weight is 451 g/mol. The van der Waals surface area contributed by atoms with Crippen molar-refractivity contribution in [2.45, 2.75) is 38.3 Å². The van der Waals surface area contributed by atoms with E-state index in [9.17, 15) is 14.4 Å². The van der Waals surface area contributed by atoms with Crippen LogP contribution in [0.5, 0.6) is 5.75 Å². The molecule has 3 amide bonds. The van der Waals surface area contributed by atoms with Gasteiger partial charge in [-0.2, -0.15) is 0 Å². The number of amides is 3. The number of carbonyl (C=O) groups is 3. The van der Waals surface area contributed by atoms with Gasteiger partial charge in [-0.3, -0.25) is 19.4 Å². The van der Waals surface area contributed by atoms with Crippen LogP contribution in [-0.4, -0.2) is 83.3 Å². The van der Waals surface area contributed by atoms with E-state index in [0.29, 0.717) is 24.5 Å². The monoisotopic (exact) mass is 450 g/mol. The van der Waals surface area contributed by atoms with Crippen LogP contribution in [0.3, 0.4) is 0 Å².